The first-order valence-electron chi connectivity index (χ1n) is 4.51. The molecule has 0 saturated carbocycles. The monoisotopic (exact) mass is 177 g/mol. The number of hydrogen-bond acceptors (Lipinski definition) is 2. The first kappa shape index (κ1) is 9.88. The molecule has 0 aliphatic carbocycles. The van der Waals surface area contributed by atoms with Crippen LogP contribution >= 0.6 is 0 Å². The van der Waals surface area contributed by atoms with Crippen molar-refractivity contribution in [1.29, 1.82) is 0 Å². The molecule has 0 radical (unpaired) electrons. The van der Waals surface area contributed by atoms with Gasteiger partial charge in [-0.1, -0.05) is 6.92 Å². The number of rotatable bonds is 3. The summed E-state index contributed by atoms with van der Waals surface area (Å²) >= 11 is 0. The maximum Gasteiger partial charge on any atom is 0.108 e. The lowest BCUT2D eigenvalue weighted by Crippen LogP contribution is -2.10. The largest absolute Gasteiger partial charge is 0.469 e. The van der Waals surface area contributed by atoms with E-state index in [9.17, 15) is 0 Å². The normalized spacial score (nSPS) is 11.9. The summed E-state index contributed by atoms with van der Waals surface area (Å²) in [5.74, 6) is 6.79. The predicted molar refractivity (Wildman–Crippen MR) is 53.1 cm³/mol. The van der Waals surface area contributed by atoms with Crippen LogP contribution in [0.25, 0.3) is 0 Å². The highest BCUT2D eigenvalue weighted by molar-refractivity contribution is 5.22. The van der Waals surface area contributed by atoms with Crippen molar-refractivity contribution in [3.8, 4) is 11.8 Å². The van der Waals surface area contributed by atoms with E-state index >= 15 is 0 Å². The molecule has 13 heavy (non-hydrogen) atoms. The predicted octanol–water partition coefficient (Wildman–Crippen LogP) is 2.26. The van der Waals surface area contributed by atoms with E-state index in [1.54, 1.807) is 6.26 Å². The molecule has 0 aromatic carbocycles. The van der Waals surface area contributed by atoms with Crippen LogP contribution < -0.4 is 5.73 Å². The molecule has 2 heteroatoms. The van der Waals surface area contributed by atoms with Crippen molar-refractivity contribution in [2.45, 2.75) is 32.7 Å². The Labute approximate surface area is 79.1 Å². The van der Waals surface area contributed by atoms with Gasteiger partial charge in [0.25, 0.3) is 0 Å². The minimum atomic E-state index is -0.0128. The lowest BCUT2D eigenvalue weighted by molar-refractivity contribution is 0.506. The zero-order valence-corrected chi connectivity index (χ0v) is 8.13. The smallest absolute Gasteiger partial charge is 0.108 e. The molecule has 2 nitrogen and oxygen atoms in total. The van der Waals surface area contributed by atoms with Crippen LogP contribution in [0.15, 0.2) is 16.7 Å². The van der Waals surface area contributed by atoms with Crippen LogP contribution in [0.5, 0.6) is 0 Å². The molecule has 1 heterocycles. The SMILES string of the molecule is CC#CCC(N)c1ccoc1CC. The number of nitrogens with two attached hydrogens (primary N) is 1. The van der Waals surface area contributed by atoms with Crippen molar-refractivity contribution >= 4 is 0 Å². The molecule has 0 aliphatic rings. The molecule has 2 N–H and O–H groups in total. The van der Waals surface area contributed by atoms with Crippen LogP contribution in [0.2, 0.25) is 0 Å². The number of hydrogen-bond donors (Lipinski definition) is 1. The summed E-state index contributed by atoms with van der Waals surface area (Å²) in [7, 11) is 0. The van der Waals surface area contributed by atoms with Crippen LogP contribution in [0.3, 0.4) is 0 Å². The highest BCUT2D eigenvalue weighted by Gasteiger charge is 2.11. The topological polar surface area (TPSA) is 39.2 Å². The Morgan fingerprint density at radius 2 is 2.38 bits per heavy atom. The van der Waals surface area contributed by atoms with Gasteiger partial charge in [0.1, 0.15) is 5.76 Å². The van der Waals surface area contributed by atoms with E-state index in [-0.39, 0.29) is 6.04 Å². The van der Waals surface area contributed by atoms with Crippen LogP contribution in [-0.2, 0) is 6.42 Å². The second-order valence-electron chi connectivity index (χ2n) is 2.89. The molecular formula is C11H15NO. The van der Waals surface area contributed by atoms with Gasteiger partial charge in [0.05, 0.1) is 6.26 Å². The second-order valence-corrected chi connectivity index (χ2v) is 2.89. The van der Waals surface area contributed by atoms with Gasteiger partial charge in [-0.2, -0.15) is 0 Å². The molecule has 0 spiro atoms. The fraction of sp³-hybridized carbons (Fsp3) is 0.455. The lowest BCUT2D eigenvalue weighted by atomic mass is 10.0. The third-order valence-electron chi connectivity index (χ3n) is 2.00. The summed E-state index contributed by atoms with van der Waals surface area (Å²) < 4.78 is 5.29. The maximum absolute atomic E-state index is 5.94. The fourth-order valence-electron chi connectivity index (χ4n) is 1.29. The molecule has 0 fully saturated rings. The third-order valence-corrected chi connectivity index (χ3v) is 2.00. The van der Waals surface area contributed by atoms with Gasteiger partial charge in [-0.25, -0.2) is 0 Å². The van der Waals surface area contributed by atoms with Crippen molar-refractivity contribution in [1.82, 2.24) is 0 Å². The Morgan fingerprint density at radius 1 is 1.62 bits per heavy atom. The second kappa shape index (κ2) is 4.74. The standard InChI is InChI=1S/C11H15NO/c1-3-5-6-10(12)9-7-8-13-11(9)4-2/h7-8,10H,4,6,12H2,1-2H3. The Balaban J connectivity index is 2.73. The Kier molecular flexibility index (Phi) is 3.60. The van der Waals surface area contributed by atoms with E-state index < -0.39 is 0 Å². The highest BCUT2D eigenvalue weighted by Crippen LogP contribution is 2.20. The van der Waals surface area contributed by atoms with Gasteiger partial charge in [0.2, 0.25) is 0 Å². The number of furan rings is 1. The van der Waals surface area contributed by atoms with Crippen molar-refractivity contribution in [3.05, 3.63) is 23.7 Å². The minimum Gasteiger partial charge on any atom is -0.469 e. The van der Waals surface area contributed by atoms with Gasteiger partial charge < -0.3 is 10.2 Å². The van der Waals surface area contributed by atoms with Crippen molar-refractivity contribution in [2.75, 3.05) is 0 Å². The first-order valence-corrected chi connectivity index (χ1v) is 4.51. The van der Waals surface area contributed by atoms with Crippen molar-refractivity contribution in [3.63, 3.8) is 0 Å². The summed E-state index contributed by atoms with van der Waals surface area (Å²) in [6, 6.07) is 1.92. The van der Waals surface area contributed by atoms with Crippen LogP contribution in [0, 0.1) is 11.8 Å². The molecule has 1 atom stereocenters. The summed E-state index contributed by atoms with van der Waals surface area (Å²) in [5.41, 5.74) is 7.03. The van der Waals surface area contributed by atoms with Gasteiger partial charge >= 0.3 is 0 Å². The third kappa shape index (κ3) is 2.37. The van der Waals surface area contributed by atoms with E-state index in [1.165, 1.54) is 0 Å². The van der Waals surface area contributed by atoms with E-state index in [4.69, 9.17) is 10.2 Å². The molecule has 0 amide bonds. The number of aryl methyl sites for hydroxylation is 1. The van der Waals surface area contributed by atoms with Crippen molar-refractivity contribution in [2.24, 2.45) is 5.73 Å². The van der Waals surface area contributed by atoms with Gasteiger partial charge in [0.15, 0.2) is 0 Å². The fourth-order valence-corrected chi connectivity index (χ4v) is 1.29. The van der Waals surface area contributed by atoms with Crippen LogP contribution in [0.1, 0.15) is 37.6 Å². The van der Waals surface area contributed by atoms with Crippen molar-refractivity contribution < 1.29 is 4.42 Å². The molecule has 1 aromatic rings. The average molecular weight is 177 g/mol. The molecular weight excluding hydrogens is 162 g/mol. The molecule has 1 unspecified atom stereocenters. The van der Waals surface area contributed by atoms with E-state index in [2.05, 4.69) is 18.8 Å². The molecule has 0 aliphatic heterocycles. The Bertz CT molecular complexity index is 316. The van der Waals surface area contributed by atoms with Crippen LogP contribution in [-0.4, -0.2) is 0 Å². The maximum atomic E-state index is 5.94. The summed E-state index contributed by atoms with van der Waals surface area (Å²) in [6.07, 6.45) is 3.27. The highest BCUT2D eigenvalue weighted by atomic mass is 16.3. The molecule has 0 bridgehead atoms. The zero-order valence-electron chi connectivity index (χ0n) is 8.13. The lowest BCUT2D eigenvalue weighted by Gasteiger charge is -2.06. The summed E-state index contributed by atoms with van der Waals surface area (Å²) in [6.45, 7) is 3.88. The van der Waals surface area contributed by atoms with Gasteiger partial charge in [-0.05, 0) is 13.0 Å². The van der Waals surface area contributed by atoms with E-state index in [1.807, 2.05) is 13.0 Å². The quantitative estimate of drug-likeness (QED) is 0.719. The summed E-state index contributed by atoms with van der Waals surface area (Å²) in [5, 5.41) is 0. The minimum absolute atomic E-state index is 0.0128. The molecule has 1 aromatic heterocycles. The van der Waals surface area contributed by atoms with E-state index in [0.29, 0.717) is 6.42 Å². The Morgan fingerprint density at radius 3 is 3.00 bits per heavy atom. The molecule has 1 rings (SSSR count). The van der Waals surface area contributed by atoms with Crippen LogP contribution in [0.4, 0.5) is 0 Å². The first-order chi connectivity index (χ1) is 6.29. The zero-order chi connectivity index (χ0) is 9.68. The summed E-state index contributed by atoms with van der Waals surface area (Å²) in [4.78, 5) is 0. The van der Waals surface area contributed by atoms with E-state index in [0.717, 1.165) is 17.7 Å². The molecule has 0 saturated heterocycles. The van der Waals surface area contributed by atoms with Gasteiger partial charge in [0, 0.05) is 24.4 Å². The van der Waals surface area contributed by atoms with Gasteiger partial charge in [-0.3, -0.25) is 0 Å². The average Bonchev–Trinajstić information content (AvgIpc) is 2.61. The molecule has 70 valence electrons. The van der Waals surface area contributed by atoms with Gasteiger partial charge in [-0.15, -0.1) is 11.8 Å². The Hall–Kier alpha value is -1.20.